The normalized spacial score (nSPS) is 16.6. The van der Waals surface area contributed by atoms with Crippen LogP contribution in [-0.2, 0) is 9.59 Å². The summed E-state index contributed by atoms with van der Waals surface area (Å²) in [6, 6.07) is 15.3. The zero-order valence-corrected chi connectivity index (χ0v) is 15.7. The minimum atomic E-state index is -0.112. The van der Waals surface area contributed by atoms with Gasteiger partial charge in [0.1, 0.15) is 11.1 Å². The van der Waals surface area contributed by atoms with E-state index in [4.69, 9.17) is 4.74 Å². The molecule has 3 rings (SSSR count). The van der Waals surface area contributed by atoms with Crippen LogP contribution in [0, 0.1) is 0 Å². The molecule has 5 nitrogen and oxygen atoms in total. The van der Waals surface area contributed by atoms with Crippen LogP contribution in [0.15, 0.2) is 48.5 Å². The fourth-order valence-corrected chi connectivity index (χ4v) is 4.01. The van der Waals surface area contributed by atoms with Crippen molar-refractivity contribution in [1.29, 1.82) is 0 Å². The SMILES string of the molecule is CCOc1ccc(N2C(=O)CS[C@@H]2c2cccc(NC(=O)CC)c2)cc1. The first-order valence-electron chi connectivity index (χ1n) is 8.68. The van der Waals surface area contributed by atoms with E-state index in [0.29, 0.717) is 18.8 Å². The van der Waals surface area contributed by atoms with Crippen LogP contribution in [0.4, 0.5) is 11.4 Å². The molecule has 0 aromatic heterocycles. The first kappa shape index (κ1) is 18.3. The van der Waals surface area contributed by atoms with Gasteiger partial charge in [-0.2, -0.15) is 0 Å². The third-order valence-corrected chi connectivity index (χ3v) is 5.28. The smallest absolute Gasteiger partial charge is 0.238 e. The van der Waals surface area contributed by atoms with Crippen molar-refractivity contribution in [1.82, 2.24) is 0 Å². The molecule has 0 spiro atoms. The molecule has 136 valence electrons. The Kier molecular flexibility index (Phi) is 5.83. The van der Waals surface area contributed by atoms with Crippen LogP contribution < -0.4 is 15.0 Å². The second kappa shape index (κ2) is 8.27. The fraction of sp³-hybridized carbons (Fsp3) is 0.300. The van der Waals surface area contributed by atoms with Crippen LogP contribution in [0.2, 0.25) is 0 Å². The highest BCUT2D eigenvalue weighted by molar-refractivity contribution is 8.00. The van der Waals surface area contributed by atoms with Crippen LogP contribution in [0.3, 0.4) is 0 Å². The maximum absolute atomic E-state index is 12.5. The van der Waals surface area contributed by atoms with Crippen molar-refractivity contribution < 1.29 is 14.3 Å². The van der Waals surface area contributed by atoms with Crippen LogP contribution in [0.5, 0.6) is 5.75 Å². The molecule has 26 heavy (non-hydrogen) atoms. The quantitative estimate of drug-likeness (QED) is 0.827. The molecule has 1 fully saturated rings. The highest BCUT2D eigenvalue weighted by Gasteiger charge is 2.34. The minimum absolute atomic E-state index is 0.0272. The standard InChI is InChI=1S/C20H22N2O3S/c1-3-18(23)21-15-7-5-6-14(12-15)20-22(19(24)13-26-20)16-8-10-17(11-9-16)25-4-2/h5-12,20H,3-4,13H2,1-2H3,(H,21,23)/t20-/m1/s1. The molecule has 1 N–H and O–H groups in total. The van der Waals surface area contributed by atoms with E-state index in [1.807, 2.05) is 62.4 Å². The Labute approximate surface area is 157 Å². The van der Waals surface area contributed by atoms with Gasteiger partial charge in [0.15, 0.2) is 0 Å². The molecule has 2 amide bonds. The average molecular weight is 370 g/mol. The summed E-state index contributed by atoms with van der Waals surface area (Å²) in [5.41, 5.74) is 2.58. The molecule has 0 unspecified atom stereocenters. The molecule has 0 saturated carbocycles. The van der Waals surface area contributed by atoms with E-state index in [9.17, 15) is 9.59 Å². The van der Waals surface area contributed by atoms with Gasteiger partial charge in [0.2, 0.25) is 11.8 Å². The summed E-state index contributed by atoms with van der Waals surface area (Å²) < 4.78 is 5.48. The lowest BCUT2D eigenvalue weighted by Crippen LogP contribution is -2.27. The molecule has 2 aromatic carbocycles. The largest absolute Gasteiger partial charge is 0.494 e. The van der Waals surface area contributed by atoms with Gasteiger partial charge in [0, 0.05) is 17.8 Å². The predicted octanol–water partition coefficient (Wildman–Crippen LogP) is 4.21. The number of carbonyl (C=O) groups is 2. The Balaban J connectivity index is 1.85. The van der Waals surface area contributed by atoms with Crippen molar-refractivity contribution in [3.63, 3.8) is 0 Å². The number of rotatable bonds is 6. The Morgan fingerprint density at radius 2 is 2.00 bits per heavy atom. The second-order valence-electron chi connectivity index (χ2n) is 5.88. The van der Waals surface area contributed by atoms with E-state index in [1.165, 1.54) is 0 Å². The van der Waals surface area contributed by atoms with Crippen molar-refractivity contribution in [3.05, 3.63) is 54.1 Å². The van der Waals surface area contributed by atoms with E-state index in [1.54, 1.807) is 16.7 Å². The molecule has 0 radical (unpaired) electrons. The molecule has 1 heterocycles. The number of nitrogens with zero attached hydrogens (tertiary/aromatic N) is 1. The van der Waals surface area contributed by atoms with Crippen LogP contribution in [0.1, 0.15) is 31.2 Å². The number of ether oxygens (including phenoxy) is 1. The summed E-state index contributed by atoms with van der Waals surface area (Å²) in [5, 5.41) is 2.76. The third kappa shape index (κ3) is 4.02. The minimum Gasteiger partial charge on any atom is -0.494 e. The maximum atomic E-state index is 12.5. The van der Waals surface area contributed by atoms with Gasteiger partial charge in [-0.05, 0) is 48.9 Å². The number of thioether (sulfide) groups is 1. The lowest BCUT2D eigenvalue weighted by molar-refractivity contribution is -0.116. The first-order chi connectivity index (χ1) is 12.6. The van der Waals surface area contributed by atoms with Gasteiger partial charge < -0.3 is 10.1 Å². The summed E-state index contributed by atoms with van der Waals surface area (Å²) in [4.78, 5) is 25.9. The molecule has 2 aromatic rings. The molecule has 0 aliphatic carbocycles. The Morgan fingerprint density at radius 3 is 2.69 bits per heavy atom. The van der Waals surface area contributed by atoms with E-state index >= 15 is 0 Å². The molecule has 0 bridgehead atoms. The Morgan fingerprint density at radius 1 is 1.23 bits per heavy atom. The number of hydrogen-bond donors (Lipinski definition) is 1. The zero-order chi connectivity index (χ0) is 18.5. The van der Waals surface area contributed by atoms with Gasteiger partial charge >= 0.3 is 0 Å². The van der Waals surface area contributed by atoms with Crippen molar-refractivity contribution in [2.75, 3.05) is 22.6 Å². The number of benzene rings is 2. The van der Waals surface area contributed by atoms with Gasteiger partial charge in [-0.15, -0.1) is 11.8 Å². The van der Waals surface area contributed by atoms with E-state index in [0.717, 1.165) is 22.7 Å². The van der Waals surface area contributed by atoms with Gasteiger partial charge in [-0.25, -0.2) is 0 Å². The Bertz CT molecular complexity index is 792. The summed E-state index contributed by atoms with van der Waals surface area (Å²) >= 11 is 1.59. The number of hydrogen-bond acceptors (Lipinski definition) is 4. The van der Waals surface area contributed by atoms with Gasteiger partial charge in [-0.1, -0.05) is 19.1 Å². The predicted molar refractivity (Wildman–Crippen MR) is 106 cm³/mol. The van der Waals surface area contributed by atoms with Gasteiger partial charge in [-0.3, -0.25) is 14.5 Å². The number of amides is 2. The lowest BCUT2D eigenvalue weighted by atomic mass is 10.1. The van der Waals surface area contributed by atoms with Crippen molar-refractivity contribution in [2.45, 2.75) is 25.6 Å². The fourth-order valence-electron chi connectivity index (χ4n) is 2.84. The summed E-state index contributed by atoms with van der Waals surface area (Å²) in [6.45, 7) is 4.37. The van der Waals surface area contributed by atoms with Crippen LogP contribution in [-0.4, -0.2) is 24.2 Å². The molecular weight excluding hydrogens is 348 g/mol. The topological polar surface area (TPSA) is 58.6 Å². The Hall–Kier alpha value is -2.47. The lowest BCUT2D eigenvalue weighted by Gasteiger charge is -2.25. The second-order valence-corrected chi connectivity index (χ2v) is 6.95. The summed E-state index contributed by atoms with van der Waals surface area (Å²) in [6.07, 6.45) is 0.430. The molecule has 1 saturated heterocycles. The maximum Gasteiger partial charge on any atom is 0.238 e. The highest BCUT2D eigenvalue weighted by Crippen LogP contribution is 2.42. The molecule has 6 heteroatoms. The number of carbonyl (C=O) groups excluding carboxylic acids is 2. The van der Waals surface area contributed by atoms with E-state index in [-0.39, 0.29) is 17.2 Å². The monoisotopic (exact) mass is 370 g/mol. The summed E-state index contributed by atoms with van der Waals surface area (Å²) in [5.74, 6) is 1.27. The van der Waals surface area contributed by atoms with Crippen LogP contribution >= 0.6 is 11.8 Å². The molecule has 1 aliphatic heterocycles. The molecule has 1 aliphatic rings. The molecular formula is C20H22N2O3S. The molecule has 1 atom stereocenters. The highest BCUT2D eigenvalue weighted by atomic mass is 32.2. The van der Waals surface area contributed by atoms with Crippen molar-refractivity contribution >= 4 is 35.0 Å². The van der Waals surface area contributed by atoms with E-state index in [2.05, 4.69) is 5.32 Å². The zero-order valence-electron chi connectivity index (χ0n) is 14.9. The number of nitrogens with one attached hydrogen (secondary N) is 1. The van der Waals surface area contributed by atoms with Crippen molar-refractivity contribution in [2.24, 2.45) is 0 Å². The van der Waals surface area contributed by atoms with E-state index < -0.39 is 0 Å². The van der Waals surface area contributed by atoms with Crippen LogP contribution in [0.25, 0.3) is 0 Å². The average Bonchev–Trinajstić information content (AvgIpc) is 3.04. The van der Waals surface area contributed by atoms with Crippen molar-refractivity contribution in [3.8, 4) is 5.75 Å². The third-order valence-electron chi connectivity index (χ3n) is 4.07. The summed E-state index contributed by atoms with van der Waals surface area (Å²) in [7, 11) is 0. The number of anilines is 2. The first-order valence-corrected chi connectivity index (χ1v) is 9.73. The van der Waals surface area contributed by atoms with Gasteiger partial charge in [0.05, 0.1) is 12.4 Å². The van der Waals surface area contributed by atoms with Gasteiger partial charge in [0.25, 0.3) is 0 Å².